The molecule has 1 aromatic heterocycles. The second kappa shape index (κ2) is 5.32. The summed E-state index contributed by atoms with van der Waals surface area (Å²) in [5.41, 5.74) is 6.81. The Balaban J connectivity index is 2.40. The molecule has 3 N–H and O–H groups in total. The monoisotopic (exact) mass is 199 g/mol. The van der Waals surface area contributed by atoms with Gasteiger partial charge in [-0.05, 0) is 19.9 Å². The third-order valence-corrected chi connectivity index (χ3v) is 2.79. The van der Waals surface area contributed by atoms with Crippen molar-refractivity contribution in [3.63, 3.8) is 0 Å². The van der Waals surface area contributed by atoms with Crippen molar-refractivity contribution >= 4 is 11.3 Å². The van der Waals surface area contributed by atoms with Crippen LogP contribution in [-0.4, -0.2) is 11.5 Å². The van der Waals surface area contributed by atoms with Gasteiger partial charge in [0.2, 0.25) is 0 Å². The quantitative estimate of drug-likeness (QED) is 0.709. The first-order valence-electron chi connectivity index (χ1n) is 4.64. The summed E-state index contributed by atoms with van der Waals surface area (Å²) >= 11 is 1.64. The predicted octanol–water partition coefficient (Wildman–Crippen LogP) is 1.66. The summed E-state index contributed by atoms with van der Waals surface area (Å²) in [6, 6.07) is 0.0601. The molecule has 0 bridgehead atoms. The SMILES string of the molecule is CCCNCc1csc(C(C)N)n1. The maximum absolute atomic E-state index is 5.71. The Bertz CT molecular complexity index is 245. The predicted molar refractivity (Wildman–Crippen MR) is 56.7 cm³/mol. The van der Waals surface area contributed by atoms with Crippen molar-refractivity contribution in [2.75, 3.05) is 6.54 Å². The molecule has 0 radical (unpaired) electrons. The number of nitrogens with zero attached hydrogens (tertiary/aromatic N) is 1. The number of hydrogen-bond donors (Lipinski definition) is 2. The number of nitrogens with one attached hydrogen (secondary N) is 1. The minimum atomic E-state index is 0.0601. The third-order valence-electron chi connectivity index (χ3n) is 1.69. The van der Waals surface area contributed by atoms with Crippen molar-refractivity contribution in [1.29, 1.82) is 0 Å². The molecule has 4 heteroatoms. The molecule has 13 heavy (non-hydrogen) atoms. The molecule has 1 rings (SSSR count). The standard InChI is InChI=1S/C9H17N3S/c1-3-4-11-5-8-6-13-9(12-8)7(2)10/h6-7,11H,3-5,10H2,1-2H3. The third kappa shape index (κ3) is 3.42. The van der Waals surface area contributed by atoms with Crippen molar-refractivity contribution in [2.45, 2.75) is 32.9 Å². The first-order chi connectivity index (χ1) is 6.24. The maximum Gasteiger partial charge on any atom is 0.109 e. The minimum absolute atomic E-state index is 0.0601. The van der Waals surface area contributed by atoms with Gasteiger partial charge in [-0.1, -0.05) is 6.92 Å². The smallest absolute Gasteiger partial charge is 0.109 e. The average molecular weight is 199 g/mol. The molecule has 74 valence electrons. The molecule has 1 atom stereocenters. The Kier molecular flexibility index (Phi) is 4.35. The lowest BCUT2D eigenvalue weighted by Gasteiger charge is -1.99. The first-order valence-corrected chi connectivity index (χ1v) is 5.52. The van der Waals surface area contributed by atoms with Gasteiger partial charge in [-0.3, -0.25) is 0 Å². The Labute approximate surface area is 83.4 Å². The molecule has 0 spiro atoms. The summed E-state index contributed by atoms with van der Waals surface area (Å²) in [7, 11) is 0. The van der Waals surface area contributed by atoms with Crippen molar-refractivity contribution < 1.29 is 0 Å². The molecule has 0 saturated heterocycles. The van der Waals surface area contributed by atoms with Crippen LogP contribution < -0.4 is 11.1 Å². The topological polar surface area (TPSA) is 50.9 Å². The Morgan fingerprint density at radius 3 is 3.00 bits per heavy atom. The van der Waals surface area contributed by atoms with Crippen molar-refractivity contribution in [1.82, 2.24) is 10.3 Å². The van der Waals surface area contributed by atoms with Crippen LogP contribution in [0.3, 0.4) is 0 Å². The van der Waals surface area contributed by atoms with Crippen molar-refractivity contribution in [2.24, 2.45) is 5.73 Å². The number of aromatic nitrogens is 1. The van der Waals surface area contributed by atoms with E-state index in [4.69, 9.17) is 5.73 Å². The van der Waals surface area contributed by atoms with Gasteiger partial charge in [-0.25, -0.2) is 4.98 Å². The second-order valence-electron chi connectivity index (χ2n) is 3.14. The fourth-order valence-corrected chi connectivity index (χ4v) is 1.78. The van der Waals surface area contributed by atoms with Gasteiger partial charge in [0, 0.05) is 11.9 Å². The van der Waals surface area contributed by atoms with E-state index < -0.39 is 0 Å². The van der Waals surface area contributed by atoms with Crippen molar-refractivity contribution in [3.05, 3.63) is 16.1 Å². The van der Waals surface area contributed by atoms with Crippen LogP contribution in [0.5, 0.6) is 0 Å². The molecule has 0 fully saturated rings. The Hall–Kier alpha value is -0.450. The fraction of sp³-hybridized carbons (Fsp3) is 0.667. The normalized spacial score (nSPS) is 13.2. The van der Waals surface area contributed by atoms with Crippen LogP contribution >= 0.6 is 11.3 Å². The van der Waals surface area contributed by atoms with E-state index in [-0.39, 0.29) is 6.04 Å². The van der Waals surface area contributed by atoms with E-state index in [0.29, 0.717) is 0 Å². The van der Waals surface area contributed by atoms with Gasteiger partial charge in [0.05, 0.1) is 11.7 Å². The van der Waals surface area contributed by atoms with Crippen LogP contribution in [-0.2, 0) is 6.54 Å². The molecule has 3 nitrogen and oxygen atoms in total. The van der Waals surface area contributed by atoms with E-state index in [1.54, 1.807) is 11.3 Å². The highest BCUT2D eigenvalue weighted by molar-refractivity contribution is 7.09. The van der Waals surface area contributed by atoms with Crippen LogP contribution in [0.1, 0.15) is 37.0 Å². The van der Waals surface area contributed by atoms with Crippen molar-refractivity contribution in [3.8, 4) is 0 Å². The van der Waals surface area contributed by atoms with Gasteiger partial charge in [-0.2, -0.15) is 0 Å². The van der Waals surface area contributed by atoms with E-state index in [0.717, 1.165) is 30.2 Å². The van der Waals surface area contributed by atoms with Gasteiger partial charge in [0.15, 0.2) is 0 Å². The molecule has 0 amide bonds. The highest BCUT2D eigenvalue weighted by Gasteiger charge is 2.04. The van der Waals surface area contributed by atoms with E-state index >= 15 is 0 Å². The minimum Gasteiger partial charge on any atom is -0.322 e. The molecule has 1 heterocycles. The lowest BCUT2D eigenvalue weighted by atomic mass is 10.4. The van der Waals surface area contributed by atoms with Gasteiger partial charge >= 0.3 is 0 Å². The zero-order chi connectivity index (χ0) is 9.68. The zero-order valence-corrected chi connectivity index (χ0v) is 9.03. The highest BCUT2D eigenvalue weighted by atomic mass is 32.1. The van der Waals surface area contributed by atoms with Crippen LogP contribution in [0, 0.1) is 0 Å². The van der Waals surface area contributed by atoms with Gasteiger partial charge in [-0.15, -0.1) is 11.3 Å². The van der Waals surface area contributed by atoms with Gasteiger partial charge in [0.25, 0.3) is 0 Å². The molecule has 0 aliphatic carbocycles. The summed E-state index contributed by atoms with van der Waals surface area (Å²) in [5, 5.41) is 6.40. The molecule has 0 aliphatic heterocycles. The molecule has 0 aromatic carbocycles. The molecular formula is C9H17N3S. The summed E-state index contributed by atoms with van der Waals surface area (Å²) in [6.07, 6.45) is 1.16. The van der Waals surface area contributed by atoms with Crippen LogP contribution in [0.15, 0.2) is 5.38 Å². The summed E-state index contributed by atoms with van der Waals surface area (Å²) in [6.45, 7) is 6.02. The lowest BCUT2D eigenvalue weighted by molar-refractivity contribution is 0.662. The van der Waals surface area contributed by atoms with E-state index in [2.05, 4.69) is 22.6 Å². The first kappa shape index (κ1) is 10.6. The van der Waals surface area contributed by atoms with Crippen LogP contribution in [0.4, 0.5) is 0 Å². The molecule has 1 aromatic rings. The number of rotatable bonds is 5. The molecule has 0 aliphatic rings. The van der Waals surface area contributed by atoms with E-state index in [9.17, 15) is 0 Å². The van der Waals surface area contributed by atoms with Crippen LogP contribution in [0.25, 0.3) is 0 Å². The number of nitrogens with two attached hydrogens (primary N) is 1. The molecule has 0 saturated carbocycles. The summed E-state index contributed by atoms with van der Waals surface area (Å²) in [5.74, 6) is 0. The zero-order valence-electron chi connectivity index (χ0n) is 8.21. The van der Waals surface area contributed by atoms with Gasteiger partial charge < -0.3 is 11.1 Å². The fourth-order valence-electron chi connectivity index (χ4n) is 1.01. The van der Waals surface area contributed by atoms with E-state index in [1.807, 2.05) is 6.92 Å². The molecule has 1 unspecified atom stereocenters. The Morgan fingerprint density at radius 1 is 1.69 bits per heavy atom. The van der Waals surface area contributed by atoms with Crippen LogP contribution in [0.2, 0.25) is 0 Å². The number of thiazole rings is 1. The maximum atomic E-state index is 5.71. The average Bonchev–Trinajstić information content (AvgIpc) is 2.53. The lowest BCUT2D eigenvalue weighted by Crippen LogP contribution is -2.14. The van der Waals surface area contributed by atoms with Gasteiger partial charge in [0.1, 0.15) is 5.01 Å². The largest absolute Gasteiger partial charge is 0.322 e. The Morgan fingerprint density at radius 2 is 2.46 bits per heavy atom. The highest BCUT2D eigenvalue weighted by Crippen LogP contribution is 2.15. The van der Waals surface area contributed by atoms with E-state index in [1.165, 1.54) is 0 Å². The summed E-state index contributed by atoms with van der Waals surface area (Å²) < 4.78 is 0. The summed E-state index contributed by atoms with van der Waals surface area (Å²) in [4.78, 5) is 4.41. The number of hydrogen-bond acceptors (Lipinski definition) is 4. The second-order valence-corrected chi connectivity index (χ2v) is 4.03. The molecular weight excluding hydrogens is 182 g/mol.